The Morgan fingerprint density at radius 2 is 1.91 bits per heavy atom. The highest BCUT2D eigenvalue weighted by Gasteiger charge is 2.39. The monoisotopic (exact) mass is 457 g/mol. The summed E-state index contributed by atoms with van der Waals surface area (Å²) in [6.45, 7) is 2.05. The van der Waals surface area contributed by atoms with Gasteiger partial charge in [0.1, 0.15) is 11.5 Å². The zero-order valence-corrected chi connectivity index (χ0v) is 19.1. The van der Waals surface area contributed by atoms with E-state index in [1.165, 1.54) is 5.57 Å². The number of benzene rings is 1. The summed E-state index contributed by atoms with van der Waals surface area (Å²) in [5, 5.41) is 6.97. The van der Waals surface area contributed by atoms with Gasteiger partial charge in [-0.3, -0.25) is 4.98 Å². The van der Waals surface area contributed by atoms with Crippen molar-refractivity contribution in [3.05, 3.63) is 72.7 Å². The molecule has 2 aliphatic heterocycles. The molecule has 4 aromatic heterocycles. The second-order valence-electron chi connectivity index (χ2n) is 9.58. The van der Waals surface area contributed by atoms with Crippen LogP contribution in [0.1, 0.15) is 18.4 Å². The Morgan fingerprint density at radius 1 is 0.971 bits per heavy atom. The average molecular weight is 458 g/mol. The predicted octanol–water partition coefficient (Wildman–Crippen LogP) is 4.62. The summed E-state index contributed by atoms with van der Waals surface area (Å²) in [7, 11) is 0. The molecule has 0 radical (unpaired) electrons. The van der Waals surface area contributed by atoms with Gasteiger partial charge in [-0.25, -0.2) is 15.0 Å². The molecule has 3 aliphatic rings. The summed E-state index contributed by atoms with van der Waals surface area (Å²) in [4.78, 5) is 25.6. The fourth-order valence-electron chi connectivity index (χ4n) is 6.07. The van der Waals surface area contributed by atoms with E-state index in [1.54, 1.807) is 0 Å². The first-order valence-corrected chi connectivity index (χ1v) is 12.3. The molecule has 170 valence electrons. The van der Waals surface area contributed by atoms with Gasteiger partial charge in [0.05, 0.1) is 17.1 Å². The molecule has 8 rings (SSSR count). The Labute approximate surface area is 201 Å². The number of aromatic nitrogens is 5. The number of pyridine rings is 2. The van der Waals surface area contributed by atoms with Crippen molar-refractivity contribution in [3.8, 4) is 11.4 Å². The molecule has 7 nitrogen and oxygen atoms in total. The molecule has 2 N–H and O–H groups in total. The molecule has 2 saturated heterocycles. The van der Waals surface area contributed by atoms with Gasteiger partial charge in [0.25, 0.3) is 0 Å². The minimum Gasteiger partial charge on any atom is -0.351 e. The lowest BCUT2D eigenvalue weighted by Gasteiger charge is -2.27. The molecule has 2 atom stereocenters. The van der Waals surface area contributed by atoms with Crippen LogP contribution in [0.4, 0.5) is 5.82 Å². The molecule has 5 aromatic rings. The van der Waals surface area contributed by atoms with Crippen LogP contribution < -0.4 is 10.2 Å². The normalized spacial score (nSPS) is 21.1. The maximum absolute atomic E-state index is 5.32. The van der Waals surface area contributed by atoms with Crippen molar-refractivity contribution >= 4 is 44.2 Å². The largest absolute Gasteiger partial charge is 0.351 e. The quantitative estimate of drug-likeness (QED) is 0.412. The van der Waals surface area contributed by atoms with Gasteiger partial charge < -0.3 is 15.2 Å². The van der Waals surface area contributed by atoms with Crippen molar-refractivity contribution < 1.29 is 0 Å². The Bertz CT molecular complexity index is 1710. The van der Waals surface area contributed by atoms with E-state index >= 15 is 0 Å². The van der Waals surface area contributed by atoms with Crippen molar-refractivity contribution in [2.24, 2.45) is 0 Å². The van der Waals surface area contributed by atoms with Gasteiger partial charge in [0, 0.05) is 58.4 Å². The molecule has 0 bridgehead atoms. The number of fused-ring (bicyclic) bond motifs is 5. The number of allylic oxidation sites excluding steroid dienone is 4. The number of rotatable bonds is 3. The maximum atomic E-state index is 5.32. The van der Waals surface area contributed by atoms with Crippen molar-refractivity contribution in [3.63, 3.8) is 0 Å². The van der Waals surface area contributed by atoms with Crippen LogP contribution in [0.5, 0.6) is 0 Å². The van der Waals surface area contributed by atoms with E-state index in [-0.39, 0.29) is 0 Å². The summed E-state index contributed by atoms with van der Waals surface area (Å²) in [6, 6.07) is 11.3. The van der Waals surface area contributed by atoms with E-state index in [1.807, 2.05) is 30.7 Å². The smallest absolute Gasteiger partial charge is 0.163 e. The molecule has 1 aliphatic carbocycles. The number of para-hydroxylation sites is 1. The molecular weight excluding hydrogens is 434 g/mol. The van der Waals surface area contributed by atoms with Crippen LogP contribution in [0.15, 0.2) is 67.2 Å². The molecule has 6 heterocycles. The molecule has 0 saturated carbocycles. The second-order valence-corrected chi connectivity index (χ2v) is 9.58. The average Bonchev–Trinajstić information content (AvgIpc) is 3.56. The fourth-order valence-corrected chi connectivity index (χ4v) is 6.07. The van der Waals surface area contributed by atoms with Gasteiger partial charge in [-0.2, -0.15) is 0 Å². The zero-order chi connectivity index (χ0) is 22.9. The Balaban J connectivity index is 1.42. The molecular formula is C28H23N7. The van der Waals surface area contributed by atoms with Crippen LogP contribution in [-0.2, 0) is 0 Å². The first-order valence-electron chi connectivity index (χ1n) is 12.3. The number of aromatic amines is 1. The third-order valence-electron chi connectivity index (χ3n) is 7.76. The Kier molecular flexibility index (Phi) is 3.96. The first kappa shape index (κ1) is 19.2. The standard InChI is InChI=1S/C28H23N7/c1-2-7-20-17(6-1)24-18(8-11-31-27(24)32-20)26-33-22-15-29-14-19(16-4-3-5-16)25(22)28(34-26)35-13-10-21-23(35)9-12-30-21/h1-8,11,14-15,21,23,30H,9-10,12-13H2,(H,31,32). The maximum Gasteiger partial charge on any atom is 0.163 e. The molecule has 2 unspecified atom stereocenters. The zero-order valence-electron chi connectivity index (χ0n) is 19.1. The van der Waals surface area contributed by atoms with Crippen molar-refractivity contribution in [1.29, 1.82) is 0 Å². The first-order chi connectivity index (χ1) is 17.3. The minimum atomic E-state index is 0.457. The van der Waals surface area contributed by atoms with E-state index in [0.29, 0.717) is 12.1 Å². The number of hydrogen-bond donors (Lipinski definition) is 2. The molecule has 7 heteroatoms. The van der Waals surface area contributed by atoms with Gasteiger partial charge >= 0.3 is 0 Å². The van der Waals surface area contributed by atoms with Crippen LogP contribution in [0.3, 0.4) is 0 Å². The van der Waals surface area contributed by atoms with E-state index in [0.717, 1.165) is 81.5 Å². The van der Waals surface area contributed by atoms with Crippen LogP contribution in [0.25, 0.3) is 49.8 Å². The highest BCUT2D eigenvalue weighted by molar-refractivity contribution is 6.13. The molecule has 0 amide bonds. The molecule has 0 spiro atoms. The lowest BCUT2D eigenvalue weighted by Crippen LogP contribution is -2.35. The van der Waals surface area contributed by atoms with E-state index in [9.17, 15) is 0 Å². The number of nitrogens with zero attached hydrogens (tertiary/aromatic N) is 5. The third-order valence-corrected chi connectivity index (χ3v) is 7.76. The van der Waals surface area contributed by atoms with E-state index in [2.05, 4.69) is 61.6 Å². The van der Waals surface area contributed by atoms with Gasteiger partial charge in [-0.15, -0.1) is 0 Å². The fraction of sp³-hybridized carbons (Fsp3) is 0.214. The Hall–Kier alpha value is -4.10. The van der Waals surface area contributed by atoms with E-state index < -0.39 is 0 Å². The van der Waals surface area contributed by atoms with Crippen molar-refractivity contribution in [2.75, 3.05) is 18.0 Å². The second kappa shape index (κ2) is 7.20. The predicted molar refractivity (Wildman–Crippen MR) is 139 cm³/mol. The molecule has 35 heavy (non-hydrogen) atoms. The summed E-state index contributed by atoms with van der Waals surface area (Å²) in [6.07, 6.45) is 14.3. The summed E-state index contributed by atoms with van der Waals surface area (Å²) < 4.78 is 0. The number of anilines is 1. The lowest BCUT2D eigenvalue weighted by molar-refractivity contribution is 0.600. The van der Waals surface area contributed by atoms with E-state index in [4.69, 9.17) is 9.97 Å². The van der Waals surface area contributed by atoms with Gasteiger partial charge in [0.15, 0.2) is 5.82 Å². The van der Waals surface area contributed by atoms with Gasteiger partial charge in [-0.05, 0) is 37.1 Å². The third kappa shape index (κ3) is 2.76. The summed E-state index contributed by atoms with van der Waals surface area (Å²) in [5.41, 5.74) is 6.08. The Morgan fingerprint density at radius 3 is 2.83 bits per heavy atom. The van der Waals surface area contributed by atoms with Crippen LogP contribution >= 0.6 is 0 Å². The van der Waals surface area contributed by atoms with Crippen LogP contribution in [-0.4, -0.2) is 50.1 Å². The number of hydrogen-bond acceptors (Lipinski definition) is 6. The lowest BCUT2D eigenvalue weighted by atomic mass is 9.97. The number of nitrogens with one attached hydrogen (secondary N) is 2. The summed E-state index contributed by atoms with van der Waals surface area (Å²) >= 11 is 0. The van der Waals surface area contributed by atoms with Crippen molar-refractivity contribution in [1.82, 2.24) is 30.2 Å². The van der Waals surface area contributed by atoms with Gasteiger partial charge in [-0.1, -0.05) is 36.4 Å². The number of H-pyrrole nitrogens is 1. The van der Waals surface area contributed by atoms with Gasteiger partial charge in [0.2, 0.25) is 0 Å². The van der Waals surface area contributed by atoms with Crippen LogP contribution in [0.2, 0.25) is 0 Å². The highest BCUT2D eigenvalue weighted by Crippen LogP contribution is 2.40. The SMILES string of the molecule is C1=CC(c2cncc3nc(-c4ccnc5[nH]c6ccccc6c45)nc(N4CCC5NCCC54)c23)=C1. The van der Waals surface area contributed by atoms with Crippen LogP contribution in [0, 0.1) is 0 Å². The topological polar surface area (TPSA) is 82.6 Å². The van der Waals surface area contributed by atoms with Crippen molar-refractivity contribution in [2.45, 2.75) is 24.9 Å². The minimum absolute atomic E-state index is 0.457. The molecule has 2 fully saturated rings. The highest BCUT2D eigenvalue weighted by atomic mass is 15.3. The molecule has 1 aromatic carbocycles. The summed E-state index contributed by atoms with van der Waals surface area (Å²) in [5.74, 6) is 1.74.